The van der Waals surface area contributed by atoms with E-state index in [1.165, 1.54) is 30.5 Å². The summed E-state index contributed by atoms with van der Waals surface area (Å²) in [5.74, 6) is 0.00863. The number of ether oxygens (including phenoxy) is 1. The lowest BCUT2D eigenvalue weighted by Crippen LogP contribution is -2.01. The zero-order chi connectivity index (χ0) is 18.8. The zero-order valence-electron chi connectivity index (χ0n) is 14.1. The number of halogens is 1. The van der Waals surface area contributed by atoms with Gasteiger partial charge in [-0.05, 0) is 29.8 Å². The lowest BCUT2D eigenvalue weighted by atomic mass is 10.2. The molecule has 0 atom stereocenters. The van der Waals surface area contributed by atoms with Crippen LogP contribution < -0.4 is 10.2 Å². The van der Waals surface area contributed by atoms with Crippen LogP contribution in [0.5, 0.6) is 11.5 Å². The van der Waals surface area contributed by atoms with Crippen molar-refractivity contribution >= 4 is 11.0 Å². The molecule has 6 heteroatoms. The molecule has 0 amide bonds. The van der Waals surface area contributed by atoms with E-state index in [0.29, 0.717) is 16.7 Å². The van der Waals surface area contributed by atoms with Crippen LogP contribution in [0.2, 0.25) is 0 Å². The summed E-state index contributed by atoms with van der Waals surface area (Å²) in [6.07, 6.45) is 1.42. The molecule has 134 valence electrons. The lowest BCUT2D eigenvalue weighted by molar-refractivity contribution is 0.303. The van der Waals surface area contributed by atoms with Crippen molar-refractivity contribution in [2.24, 2.45) is 0 Å². The fourth-order valence-corrected chi connectivity index (χ4v) is 2.67. The third-order valence-electron chi connectivity index (χ3n) is 4.03. The maximum absolute atomic E-state index is 12.9. The topological polar surface area (TPSA) is 72.6 Å². The number of hydrogen-bond acceptors (Lipinski definition) is 5. The highest BCUT2D eigenvalue weighted by Gasteiger charge is 2.13. The maximum Gasteiger partial charge on any atom is 0.193 e. The molecule has 27 heavy (non-hydrogen) atoms. The predicted octanol–water partition coefficient (Wildman–Crippen LogP) is 4.28. The third-order valence-corrected chi connectivity index (χ3v) is 4.03. The van der Waals surface area contributed by atoms with Crippen molar-refractivity contribution in [2.45, 2.75) is 6.61 Å². The first-order chi connectivity index (χ1) is 13.1. The number of pyridine rings is 1. The number of aromatic nitrogens is 1. The van der Waals surface area contributed by atoms with E-state index >= 15 is 0 Å². The summed E-state index contributed by atoms with van der Waals surface area (Å²) < 4.78 is 24.2. The maximum atomic E-state index is 12.9. The second-order valence-corrected chi connectivity index (χ2v) is 5.92. The van der Waals surface area contributed by atoms with E-state index in [2.05, 4.69) is 4.98 Å². The first kappa shape index (κ1) is 16.8. The second kappa shape index (κ2) is 6.92. The lowest BCUT2D eigenvalue weighted by Gasteiger charge is -2.09. The molecule has 2 aromatic carbocycles. The van der Waals surface area contributed by atoms with Gasteiger partial charge in [-0.15, -0.1) is 0 Å². The average Bonchev–Trinajstić information content (AvgIpc) is 2.67. The summed E-state index contributed by atoms with van der Waals surface area (Å²) in [7, 11) is 0. The van der Waals surface area contributed by atoms with Gasteiger partial charge in [0.15, 0.2) is 11.2 Å². The summed E-state index contributed by atoms with van der Waals surface area (Å²) in [4.78, 5) is 16.4. The number of aromatic hydroxyl groups is 1. The van der Waals surface area contributed by atoms with Crippen LogP contribution >= 0.6 is 0 Å². The average molecular weight is 363 g/mol. The van der Waals surface area contributed by atoms with E-state index in [0.717, 1.165) is 5.56 Å². The molecule has 0 spiro atoms. The minimum Gasteiger partial charge on any atom is -0.505 e. The Bertz CT molecular complexity index is 1170. The van der Waals surface area contributed by atoms with Gasteiger partial charge in [-0.25, -0.2) is 9.37 Å². The number of para-hydroxylation sites is 1. The molecule has 0 saturated heterocycles. The van der Waals surface area contributed by atoms with Gasteiger partial charge in [0.2, 0.25) is 0 Å². The minimum atomic E-state index is -0.320. The van der Waals surface area contributed by atoms with Crippen LogP contribution in [0.15, 0.2) is 76.1 Å². The van der Waals surface area contributed by atoms with Crippen LogP contribution in [-0.2, 0) is 6.61 Å². The molecule has 0 bridgehead atoms. The van der Waals surface area contributed by atoms with Gasteiger partial charge in [0.05, 0.1) is 11.6 Å². The van der Waals surface area contributed by atoms with E-state index in [9.17, 15) is 14.3 Å². The van der Waals surface area contributed by atoms with Crippen molar-refractivity contribution in [1.29, 1.82) is 0 Å². The summed E-state index contributed by atoms with van der Waals surface area (Å²) in [5, 5.41) is 10.7. The molecule has 0 radical (unpaired) electrons. The summed E-state index contributed by atoms with van der Waals surface area (Å²) in [6.45, 7) is 0.200. The van der Waals surface area contributed by atoms with Gasteiger partial charge in [0.1, 0.15) is 35.2 Å². The molecular weight excluding hydrogens is 349 g/mol. The number of fused-ring (bicyclic) bond motifs is 1. The summed E-state index contributed by atoms with van der Waals surface area (Å²) in [6, 6.07) is 15.5. The fourth-order valence-electron chi connectivity index (χ4n) is 2.67. The Hall–Kier alpha value is -3.67. The van der Waals surface area contributed by atoms with Gasteiger partial charge < -0.3 is 14.3 Å². The second-order valence-electron chi connectivity index (χ2n) is 5.92. The van der Waals surface area contributed by atoms with E-state index in [1.807, 2.05) is 0 Å². The van der Waals surface area contributed by atoms with E-state index in [1.54, 1.807) is 36.4 Å². The van der Waals surface area contributed by atoms with Crippen LogP contribution in [0.4, 0.5) is 4.39 Å². The van der Waals surface area contributed by atoms with E-state index in [4.69, 9.17) is 9.15 Å². The molecule has 0 aliphatic rings. The molecule has 0 saturated carbocycles. The van der Waals surface area contributed by atoms with Crippen molar-refractivity contribution in [2.75, 3.05) is 0 Å². The predicted molar refractivity (Wildman–Crippen MR) is 98.1 cm³/mol. The van der Waals surface area contributed by atoms with Crippen LogP contribution in [0.3, 0.4) is 0 Å². The SMILES string of the molecule is O=c1cc(-c2ncc(OCc3ccc(F)cc3)cc2O)oc2ccccc12. The first-order valence-corrected chi connectivity index (χ1v) is 8.20. The normalized spacial score (nSPS) is 10.9. The van der Waals surface area contributed by atoms with E-state index in [-0.39, 0.29) is 35.1 Å². The molecular formula is C21H14FNO4. The smallest absolute Gasteiger partial charge is 0.193 e. The van der Waals surface area contributed by atoms with Crippen LogP contribution in [-0.4, -0.2) is 10.1 Å². The van der Waals surface area contributed by atoms with Crippen molar-refractivity contribution < 1.29 is 18.7 Å². The largest absolute Gasteiger partial charge is 0.505 e. The molecule has 2 heterocycles. The van der Waals surface area contributed by atoms with Gasteiger partial charge in [-0.3, -0.25) is 4.79 Å². The molecule has 0 unspecified atom stereocenters. The fraction of sp³-hybridized carbons (Fsp3) is 0.0476. The molecule has 1 N–H and O–H groups in total. The Labute approximate surface area is 153 Å². The molecule has 4 rings (SSSR count). The Morgan fingerprint density at radius 2 is 1.85 bits per heavy atom. The van der Waals surface area contributed by atoms with Crippen molar-refractivity contribution in [3.05, 3.63) is 88.5 Å². The standard InChI is InChI=1S/C21H14FNO4/c22-14-7-5-13(6-8-14)12-26-15-9-18(25)21(23-11-15)20-10-17(24)16-3-1-2-4-19(16)27-20/h1-11,25H,12H2. The van der Waals surface area contributed by atoms with Crippen molar-refractivity contribution in [3.63, 3.8) is 0 Å². The van der Waals surface area contributed by atoms with Crippen molar-refractivity contribution in [3.8, 4) is 23.0 Å². The van der Waals surface area contributed by atoms with Gasteiger partial charge >= 0.3 is 0 Å². The van der Waals surface area contributed by atoms with Crippen molar-refractivity contribution in [1.82, 2.24) is 4.98 Å². The zero-order valence-corrected chi connectivity index (χ0v) is 14.1. The van der Waals surface area contributed by atoms with Gasteiger partial charge in [0.25, 0.3) is 0 Å². The molecule has 0 aliphatic carbocycles. The van der Waals surface area contributed by atoms with Crippen LogP contribution in [0.1, 0.15) is 5.56 Å². The Morgan fingerprint density at radius 3 is 2.63 bits per heavy atom. The summed E-state index contributed by atoms with van der Waals surface area (Å²) >= 11 is 0. The monoisotopic (exact) mass is 363 g/mol. The number of rotatable bonds is 4. The number of benzene rings is 2. The van der Waals surface area contributed by atoms with Crippen LogP contribution in [0.25, 0.3) is 22.4 Å². The molecule has 0 fully saturated rings. The number of hydrogen-bond donors (Lipinski definition) is 1. The van der Waals surface area contributed by atoms with Gasteiger partial charge in [0, 0.05) is 12.1 Å². The Balaban J connectivity index is 1.60. The summed E-state index contributed by atoms with van der Waals surface area (Å²) in [5.41, 5.74) is 1.12. The first-order valence-electron chi connectivity index (χ1n) is 8.20. The highest BCUT2D eigenvalue weighted by atomic mass is 19.1. The van der Waals surface area contributed by atoms with Gasteiger partial charge in [-0.1, -0.05) is 24.3 Å². The van der Waals surface area contributed by atoms with E-state index < -0.39 is 0 Å². The third kappa shape index (κ3) is 3.50. The molecule has 4 aromatic rings. The van der Waals surface area contributed by atoms with Crippen LogP contribution in [0, 0.1) is 5.82 Å². The molecule has 2 aromatic heterocycles. The highest BCUT2D eigenvalue weighted by Crippen LogP contribution is 2.31. The quantitative estimate of drug-likeness (QED) is 0.586. The Morgan fingerprint density at radius 1 is 1.07 bits per heavy atom. The number of nitrogens with zero attached hydrogens (tertiary/aromatic N) is 1. The molecule has 5 nitrogen and oxygen atoms in total. The molecule has 0 aliphatic heterocycles. The Kier molecular flexibility index (Phi) is 4.30. The van der Waals surface area contributed by atoms with Gasteiger partial charge in [-0.2, -0.15) is 0 Å². The highest BCUT2D eigenvalue weighted by molar-refractivity contribution is 5.78. The minimum absolute atomic E-state index is 0.145.